The van der Waals surface area contributed by atoms with Crippen molar-refractivity contribution in [3.05, 3.63) is 108 Å². The summed E-state index contributed by atoms with van der Waals surface area (Å²) in [7, 11) is 2.55. The maximum absolute atomic E-state index is 15.1. The van der Waals surface area contributed by atoms with Crippen LogP contribution in [0.3, 0.4) is 0 Å². The Bertz CT molecular complexity index is 1290. The normalized spacial score (nSPS) is 26.4. The molecule has 2 heterocycles. The Balaban J connectivity index is 1.83. The number of ketones is 1. The van der Waals surface area contributed by atoms with Gasteiger partial charge in [0.2, 0.25) is 0 Å². The molecule has 0 saturated carbocycles. The van der Waals surface area contributed by atoms with Gasteiger partial charge in [0.25, 0.3) is 0 Å². The number of ether oxygens (including phenoxy) is 2. The molecule has 5 rings (SSSR count). The molecule has 2 aliphatic heterocycles. The van der Waals surface area contributed by atoms with Crippen LogP contribution >= 0.6 is 0 Å². The summed E-state index contributed by atoms with van der Waals surface area (Å²) in [5.41, 5.74) is -0.872. The maximum Gasteiger partial charge on any atom is 0.322 e. The average molecular weight is 557 g/mol. The molecule has 4 unspecified atom stereocenters. The van der Waals surface area contributed by atoms with Crippen molar-refractivity contribution >= 4 is 17.7 Å². The van der Waals surface area contributed by atoms with E-state index in [1.165, 1.54) is 14.2 Å². The van der Waals surface area contributed by atoms with Gasteiger partial charge in [0.05, 0.1) is 32.9 Å². The minimum Gasteiger partial charge on any atom is -0.468 e. The van der Waals surface area contributed by atoms with Crippen molar-refractivity contribution in [2.75, 3.05) is 47.0 Å². The van der Waals surface area contributed by atoms with Crippen LogP contribution in [0.5, 0.6) is 0 Å². The lowest BCUT2D eigenvalue weighted by Gasteiger charge is -2.62. The molecule has 3 aromatic rings. The second-order valence-electron chi connectivity index (χ2n) is 10.8. The van der Waals surface area contributed by atoms with Crippen molar-refractivity contribution in [2.24, 2.45) is 10.8 Å². The van der Waals surface area contributed by atoms with Gasteiger partial charge in [-0.2, -0.15) is 0 Å². The summed E-state index contributed by atoms with van der Waals surface area (Å²) in [5, 5.41) is 9.97. The molecule has 0 radical (unpaired) electrons. The molecule has 4 atom stereocenters. The molecule has 2 saturated heterocycles. The minimum absolute atomic E-state index is 0.000713. The molecule has 2 bridgehead atoms. The Morgan fingerprint density at radius 3 is 1.61 bits per heavy atom. The zero-order chi connectivity index (χ0) is 29.0. The van der Waals surface area contributed by atoms with Gasteiger partial charge >= 0.3 is 11.9 Å². The number of carbonyl (C=O) groups excluding carboxylic acids is 3. The van der Waals surface area contributed by atoms with Gasteiger partial charge in [-0.3, -0.25) is 24.2 Å². The lowest BCUT2D eigenvalue weighted by Crippen LogP contribution is -2.76. The zero-order valence-electron chi connectivity index (χ0n) is 23.4. The van der Waals surface area contributed by atoms with Crippen molar-refractivity contribution in [1.82, 2.24) is 9.80 Å². The fraction of sp³-hybridized carbons (Fsp3) is 0.364. The molecular formula is C33H36N2O6. The summed E-state index contributed by atoms with van der Waals surface area (Å²) >= 11 is 0. The number of hydrogen-bond donors (Lipinski definition) is 1. The second-order valence-corrected chi connectivity index (χ2v) is 10.8. The van der Waals surface area contributed by atoms with Gasteiger partial charge < -0.3 is 14.6 Å². The lowest BCUT2D eigenvalue weighted by atomic mass is 9.53. The van der Waals surface area contributed by atoms with E-state index in [9.17, 15) is 14.7 Å². The first kappa shape index (κ1) is 28.7. The number of β-amino-alcohol motifs (C(OH)–C–C–N with tert-alkyl or cyclic N) is 1. The van der Waals surface area contributed by atoms with E-state index >= 15 is 4.79 Å². The molecule has 1 N–H and O–H groups in total. The van der Waals surface area contributed by atoms with Gasteiger partial charge in [0.15, 0.2) is 16.6 Å². The van der Waals surface area contributed by atoms with Crippen LogP contribution < -0.4 is 0 Å². The number of fused-ring (bicyclic) bond motifs is 2. The lowest BCUT2D eigenvalue weighted by molar-refractivity contribution is -0.205. The predicted molar refractivity (Wildman–Crippen MR) is 153 cm³/mol. The van der Waals surface area contributed by atoms with Gasteiger partial charge in [-0.15, -0.1) is 0 Å². The van der Waals surface area contributed by atoms with Crippen molar-refractivity contribution in [3.63, 3.8) is 0 Å². The smallest absolute Gasteiger partial charge is 0.322 e. The van der Waals surface area contributed by atoms with E-state index in [-0.39, 0.29) is 26.2 Å². The minimum atomic E-state index is -1.75. The largest absolute Gasteiger partial charge is 0.468 e. The number of carbonyl (C=O) groups is 3. The number of nitrogens with zero attached hydrogens (tertiary/aromatic N) is 2. The number of hydrogen-bond acceptors (Lipinski definition) is 8. The van der Waals surface area contributed by atoms with E-state index in [0.29, 0.717) is 13.0 Å². The molecular weight excluding hydrogens is 520 g/mol. The standard InChI is InChI=1S/C33H36N2O6/c1-40-30(38)32-22-34(20-21-36)23-33(29(32)37,31(39)41-2)28(26-16-10-5-11-17-26)35(19-18-24-12-6-3-7-13-24)27(32)25-14-8-4-9-15-25/h3-17,27-28,36H,18-23H2,1-2H3. The van der Waals surface area contributed by atoms with Gasteiger partial charge in [-0.25, -0.2) is 0 Å². The first-order valence-corrected chi connectivity index (χ1v) is 13.9. The molecule has 8 heteroatoms. The number of benzene rings is 3. The number of esters is 2. The third kappa shape index (κ3) is 4.76. The van der Waals surface area contributed by atoms with Gasteiger partial charge in [-0.05, 0) is 23.1 Å². The fourth-order valence-corrected chi connectivity index (χ4v) is 7.02. The Morgan fingerprint density at radius 2 is 1.20 bits per heavy atom. The highest BCUT2D eigenvalue weighted by Crippen LogP contribution is 2.61. The predicted octanol–water partition coefficient (Wildman–Crippen LogP) is 3.22. The summed E-state index contributed by atoms with van der Waals surface area (Å²) in [5.74, 6) is -1.91. The number of rotatable bonds is 9. The van der Waals surface area contributed by atoms with E-state index in [4.69, 9.17) is 9.47 Å². The highest BCUT2D eigenvalue weighted by atomic mass is 16.5. The highest BCUT2D eigenvalue weighted by molar-refractivity contribution is 6.17. The molecule has 2 aliphatic rings. The molecule has 8 nitrogen and oxygen atoms in total. The first-order valence-electron chi connectivity index (χ1n) is 13.9. The van der Waals surface area contributed by atoms with Crippen LogP contribution in [0.25, 0.3) is 0 Å². The second kappa shape index (κ2) is 11.9. The zero-order valence-corrected chi connectivity index (χ0v) is 23.4. The van der Waals surface area contributed by atoms with Gasteiger partial charge in [0, 0.05) is 26.2 Å². The third-order valence-electron chi connectivity index (χ3n) is 8.60. The Morgan fingerprint density at radius 1 is 0.756 bits per heavy atom. The number of piperidine rings is 2. The van der Waals surface area contributed by atoms with E-state index in [2.05, 4.69) is 4.90 Å². The van der Waals surface area contributed by atoms with Crippen LogP contribution in [0, 0.1) is 10.8 Å². The van der Waals surface area contributed by atoms with Crippen LogP contribution in [0.4, 0.5) is 0 Å². The molecule has 0 aliphatic carbocycles. The molecule has 0 amide bonds. The van der Waals surface area contributed by atoms with Crippen LogP contribution in [0.15, 0.2) is 91.0 Å². The molecule has 3 aromatic carbocycles. The number of aliphatic hydroxyl groups is 1. The third-order valence-corrected chi connectivity index (χ3v) is 8.60. The topological polar surface area (TPSA) is 96.4 Å². The van der Waals surface area contributed by atoms with E-state index < -0.39 is 40.6 Å². The van der Waals surface area contributed by atoms with Crippen molar-refractivity contribution in [1.29, 1.82) is 0 Å². The number of Topliss-reactive ketones (excluding diaryl/α,β-unsaturated/α-hetero) is 1. The summed E-state index contributed by atoms with van der Waals surface area (Å²) in [6.07, 6.45) is 0.622. The molecule has 41 heavy (non-hydrogen) atoms. The van der Waals surface area contributed by atoms with Crippen LogP contribution in [-0.4, -0.2) is 79.6 Å². The van der Waals surface area contributed by atoms with Crippen molar-refractivity contribution < 1.29 is 29.0 Å². The van der Waals surface area contributed by atoms with E-state index in [0.717, 1.165) is 16.7 Å². The number of methoxy groups -OCH3 is 2. The van der Waals surface area contributed by atoms with E-state index in [1.54, 1.807) is 0 Å². The highest BCUT2D eigenvalue weighted by Gasteiger charge is 2.75. The fourth-order valence-electron chi connectivity index (χ4n) is 7.02. The van der Waals surface area contributed by atoms with Crippen molar-refractivity contribution in [2.45, 2.75) is 18.5 Å². The van der Waals surface area contributed by atoms with Crippen LogP contribution in [-0.2, 0) is 30.3 Å². The first-order chi connectivity index (χ1) is 19.9. The average Bonchev–Trinajstić information content (AvgIpc) is 3.01. The summed E-state index contributed by atoms with van der Waals surface area (Å²) in [4.78, 5) is 47.1. The van der Waals surface area contributed by atoms with Gasteiger partial charge in [-0.1, -0.05) is 91.0 Å². The Hall–Kier alpha value is -3.85. The number of likely N-dealkylation sites (tertiary alicyclic amines) is 2. The molecule has 2 fully saturated rings. The molecule has 0 aromatic heterocycles. The monoisotopic (exact) mass is 556 g/mol. The van der Waals surface area contributed by atoms with Gasteiger partial charge in [0.1, 0.15) is 0 Å². The maximum atomic E-state index is 15.1. The van der Waals surface area contributed by atoms with E-state index in [1.807, 2.05) is 95.9 Å². The summed E-state index contributed by atoms with van der Waals surface area (Å²) in [6.45, 7) is 0.430. The Kier molecular flexibility index (Phi) is 8.35. The van der Waals surface area contributed by atoms with Crippen molar-refractivity contribution in [3.8, 4) is 0 Å². The SMILES string of the molecule is COC(=O)C12CN(CCO)CC(C(=O)OC)(C1=O)C(c1ccccc1)N(CCc1ccccc1)C2c1ccccc1. The van der Waals surface area contributed by atoms with Crippen LogP contribution in [0.2, 0.25) is 0 Å². The number of aliphatic hydroxyl groups excluding tert-OH is 1. The molecule has 0 spiro atoms. The summed E-state index contributed by atoms with van der Waals surface area (Å²) in [6, 6.07) is 27.5. The Labute approximate surface area is 240 Å². The molecule has 214 valence electrons. The van der Waals surface area contributed by atoms with Crippen LogP contribution in [0.1, 0.15) is 28.8 Å². The summed E-state index contributed by atoms with van der Waals surface area (Å²) < 4.78 is 10.8. The quantitative estimate of drug-likeness (QED) is 0.317.